The fourth-order valence-electron chi connectivity index (χ4n) is 9.33. The Morgan fingerprint density at radius 3 is 1.62 bits per heavy atom. The van der Waals surface area contributed by atoms with E-state index in [2.05, 4.69) is 10.6 Å². The number of piperidine rings is 3. The lowest BCUT2D eigenvalue weighted by Gasteiger charge is -2.32. The molecule has 0 spiro atoms. The number of aromatic nitrogens is 1. The van der Waals surface area contributed by atoms with Gasteiger partial charge in [0.1, 0.15) is 12.1 Å². The van der Waals surface area contributed by atoms with Crippen LogP contribution >= 0.6 is 0 Å². The Morgan fingerprint density at radius 1 is 0.545 bits per heavy atom. The van der Waals surface area contributed by atoms with Gasteiger partial charge in [-0.1, -0.05) is 93.7 Å². The predicted molar refractivity (Wildman–Crippen MR) is 248 cm³/mol. The maximum atomic E-state index is 12.9. The SMILES string of the molecule is C.C.O=C1CCC(N2Cc3cc(-c4ccn(Cc5ccccc5)c(=O)c4)ccc3C2=O)C(=O)N1.O=C1CCC(N2Cc3cc(C4CCN(Cc5ccccc5)C(=O)C4)ccc3C2=O)C(=O)N1. The van der Waals surface area contributed by atoms with Crippen molar-refractivity contribution in [1.29, 1.82) is 0 Å². The Labute approximate surface area is 383 Å². The van der Waals surface area contributed by atoms with Crippen molar-refractivity contribution in [1.82, 2.24) is 29.9 Å². The smallest absolute Gasteiger partial charge is 0.255 e. The van der Waals surface area contributed by atoms with Crippen molar-refractivity contribution < 1.29 is 33.6 Å². The van der Waals surface area contributed by atoms with Gasteiger partial charge < -0.3 is 19.3 Å². The molecule has 5 aliphatic heterocycles. The number of hydrogen-bond acceptors (Lipinski definition) is 8. The highest BCUT2D eigenvalue weighted by atomic mass is 16.2. The fraction of sp³-hybridized carbons (Fsp3) is 0.308. The molecule has 5 aliphatic rings. The molecule has 3 fully saturated rings. The zero-order chi connectivity index (χ0) is 44.5. The number of fused-ring (bicyclic) bond motifs is 2. The molecule has 3 atom stereocenters. The van der Waals surface area contributed by atoms with E-state index in [4.69, 9.17) is 0 Å². The highest BCUT2D eigenvalue weighted by Gasteiger charge is 2.41. The number of likely N-dealkylation sites (tertiary alicyclic amines) is 1. The number of amides is 7. The Morgan fingerprint density at radius 2 is 1.08 bits per heavy atom. The van der Waals surface area contributed by atoms with E-state index in [0.717, 1.165) is 45.4 Å². The Hall–Kier alpha value is -7.48. The van der Waals surface area contributed by atoms with Crippen LogP contribution in [0.5, 0.6) is 0 Å². The molecule has 0 saturated carbocycles. The normalized spacial score (nSPS) is 20.0. The van der Waals surface area contributed by atoms with Crippen molar-refractivity contribution in [2.75, 3.05) is 6.54 Å². The number of pyridine rings is 1. The molecule has 0 bridgehead atoms. The van der Waals surface area contributed by atoms with Gasteiger partial charge in [-0.25, -0.2) is 0 Å². The van der Waals surface area contributed by atoms with Crippen molar-refractivity contribution >= 4 is 41.4 Å². The average molecular weight is 891 g/mol. The Balaban J connectivity index is 0.000000191. The maximum Gasteiger partial charge on any atom is 0.255 e. The van der Waals surface area contributed by atoms with E-state index in [0.29, 0.717) is 63.1 Å². The maximum absolute atomic E-state index is 12.9. The number of rotatable bonds is 8. The molecule has 340 valence electrons. The van der Waals surface area contributed by atoms with Gasteiger partial charge in [-0.2, -0.15) is 0 Å². The molecule has 6 heterocycles. The number of benzene rings is 4. The lowest BCUT2D eigenvalue weighted by molar-refractivity contribution is -0.138. The molecule has 7 amide bonds. The average Bonchev–Trinajstić information content (AvgIpc) is 3.80. The number of carbonyl (C=O) groups excluding carboxylic acids is 7. The van der Waals surface area contributed by atoms with Gasteiger partial charge in [0.2, 0.25) is 29.5 Å². The lowest BCUT2D eigenvalue weighted by atomic mass is 9.87. The van der Waals surface area contributed by atoms with Crippen molar-refractivity contribution in [3.63, 3.8) is 0 Å². The van der Waals surface area contributed by atoms with Gasteiger partial charge in [-0.05, 0) is 88.4 Å². The molecule has 3 unspecified atom stereocenters. The van der Waals surface area contributed by atoms with E-state index in [-0.39, 0.29) is 68.7 Å². The summed E-state index contributed by atoms with van der Waals surface area (Å²) in [6, 6.07) is 33.3. The van der Waals surface area contributed by atoms with Crippen LogP contribution in [-0.2, 0) is 50.2 Å². The summed E-state index contributed by atoms with van der Waals surface area (Å²) >= 11 is 0. The van der Waals surface area contributed by atoms with Crippen molar-refractivity contribution in [2.45, 2.75) is 97.6 Å². The minimum atomic E-state index is -0.641. The van der Waals surface area contributed by atoms with Crippen LogP contribution in [0, 0.1) is 0 Å². The molecule has 1 aromatic heterocycles. The van der Waals surface area contributed by atoms with Crippen molar-refractivity contribution in [3.05, 3.63) is 165 Å². The third kappa shape index (κ3) is 9.63. The van der Waals surface area contributed by atoms with E-state index in [1.165, 1.54) is 4.90 Å². The first-order chi connectivity index (χ1) is 31.0. The standard InChI is InChI=1S/C25H25N3O4.C25H21N3O4.2CH4/c2*29-22-9-8-21(24(31)26-22)28-15-19-12-17(6-7-20(19)25(28)32)18-10-11-27(23(30)13-18)14-16-4-2-1-3-5-16;;/h1-7,12,18,21H,8-11,13-15H2,(H,26,29,31);1-7,10-13,21H,8-9,14-15H2,(H,26,29,31);2*1H4. The molecule has 0 radical (unpaired) electrons. The van der Waals surface area contributed by atoms with E-state index >= 15 is 0 Å². The van der Waals surface area contributed by atoms with Crippen molar-refractivity contribution in [3.8, 4) is 11.1 Å². The molecule has 2 N–H and O–H groups in total. The van der Waals surface area contributed by atoms with Crippen LogP contribution in [0.15, 0.2) is 120 Å². The van der Waals surface area contributed by atoms with Crippen LogP contribution < -0.4 is 16.2 Å². The highest BCUT2D eigenvalue weighted by Crippen LogP contribution is 2.35. The first kappa shape index (κ1) is 46.5. The minimum Gasteiger partial charge on any atom is -0.338 e. The molecule has 3 saturated heterocycles. The van der Waals surface area contributed by atoms with Gasteiger partial charge in [-0.3, -0.25) is 49.0 Å². The van der Waals surface area contributed by atoms with Crippen LogP contribution in [0.1, 0.15) is 108 Å². The quantitative estimate of drug-likeness (QED) is 0.180. The number of imide groups is 2. The molecule has 4 aromatic carbocycles. The van der Waals surface area contributed by atoms with Crippen LogP contribution in [0.4, 0.5) is 0 Å². The molecular weight excluding hydrogens is 837 g/mol. The highest BCUT2D eigenvalue weighted by molar-refractivity contribution is 6.06. The third-order valence-electron chi connectivity index (χ3n) is 12.8. The second kappa shape index (κ2) is 19.7. The number of hydrogen-bond donors (Lipinski definition) is 2. The molecule has 10 rings (SSSR count). The summed E-state index contributed by atoms with van der Waals surface area (Å²) < 4.78 is 1.65. The second-order valence-electron chi connectivity index (χ2n) is 16.9. The van der Waals surface area contributed by atoms with Gasteiger partial charge in [0.25, 0.3) is 17.4 Å². The van der Waals surface area contributed by atoms with Crippen LogP contribution in [0.3, 0.4) is 0 Å². The molecule has 5 aromatic rings. The largest absolute Gasteiger partial charge is 0.338 e. The molecule has 14 nitrogen and oxygen atoms in total. The van der Waals surface area contributed by atoms with Gasteiger partial charge >= 0.3 is 0 Å². The topological polar surface area (TPSA) is 175 Å². The minimum absolute atomic E-state index is 0. The molecular formula is C52H54N6O8. The van der Waals surface area contributed by atoms with Gasteiger partial charge in [0.05, 0.1) is 6.54 Å². The summed E-state index contributed by atoms with van der Waals surface area (Å²) in [6.07, 6.45) is 4.26. The zero-order valence-corrected chi connectivity index (χ0v) is 35.0. The molecule has 66 heavy (non-hydrogen) atoms. The Bertz CT molecular complexity index is 2770. The van der Waals surface area contributed by atoms with E-state index < -0.39 is 23.9 Å². The van der Waals surface area contributed by atoms with Crippen LogP contribution in [0.25, 0.3) is 11.1 Å². The Kier molecular flexibility index (Phi) is 13.9. The van der Waals surface area contributed by atoms with E-state index in [1.54, 1.807) is 27.8 Å². The van der Waals surface area contributed by atoms with Crippen molar-refractivity contribution in [2.24, 2.45) is 0 Å². The summed E-state index contributed by atoms with van der Waals surface area (Å²) in [5.41, 5.74) is 7.60. The first-order valence-corrected chi connectivity index (χ1v) is 21.6. The lowest BCUT2D eigenvalue weighted by Crippen LogP contribution is -2.52. The summed E-state index contributed by atoms with van der Waals surface area (Å²) in [4.78, 5) is 103. The fourth-order valence-corrected chi connectivity index (χ4v) is 9.33. The van der Waals surface area contributed by atoms with Gasteiger partial charge in [0.15, 0.2) is 0 Å². The number of nitrogens with zero attached hydrogens (tertiary/aromatic N) is 4. The van der Waals surface area contributed by atoms with Gasteiger partial charge in [-0.15, -0.1) is 0 Å². The predicted octanol–water partition coefficient (Wildman–Crippen LogP) is 5.95. The summed E-state index contributed by atoms with van der Waals surface area (Å²) in [6.45, 7) is 2.50. The summed E-state index contributed by atoms with van der Waals surface area (Å²) in [5.74, 6) is -1.54. The zero-order valence-electron chi connectivity index (χ0n) is 35.0. The van der Waals surface area contributed by atoms with E-state index in [1.807, 2.05) is 102 Å². The summed E-state index contributed by atoms with van der Waals surface area (Å²) in [5, 5.41) is 4.64. The number of carbonyl (C=O) groups is 7. The number of nitrogens with one attached hydrogen (secondary N) is 2. The van der Waals surface area contributed by atoms with Crippen LogP contribution in [-0.4, -0.2) is 79.2 Å². The first-order valence-electron chi connectivity index (χ1n) is 21.6. The summed E-state index contributed by atoms with van der Waals surface area (Å²) in [7, 11) is 0. The molecule has 14 heteroatoms. The van der Waals surface area contributed by atoms with Gasteiger partial charge in [0, 0.05) is 68.8 Å². The van der Waals surface area contributed by atoms with E-state index in [9.17, 15) is 38.4 Å². The molecule has 0 aliphatic carbocycles. The third-order valence-corrected chi connectivity index (χ3v) is 12.8. The monoisotopic (exact) mass is 890 g/mol. The second-order valence-corrected chi connectivity index (χ2v) is 16.9. The van der Waals surface area contributed by atoms with Crippen LogP contribution in [0.2, 0.25) is 0 Å².